The standard InChI is InChI=1S/C14H17N3O2/c1-18-10-5-6-11(12(7-10)19-2)13-14(15)17(8-16-13)9-3-4-9/h5-9H,3-4,15H2,1-2H3. The number of ether oxygens (including phenoxy) is 2. The maximum atomic E-state index is 6.18. The Kier molecular flexibility index (Phi) is 2.81. The van der Waals surface area contributed by atoms with E-state index >= 15 is 0 Å². The SMILES string of the molecule is COc1ccc(-c2ncn(C3CC3)c2N)c(OC)c1. The van der Waals surface area contributed by atoms with Gasteiger partial charge in [-0.05, 0) is 25.0 Å². The predicted octanol–water partition coefficient (Wildman–Crippen LogP) is 2.48. The van der Waals surface area contributed by atoms with Crippen molar-refractivity contribution in [3.63, 3.8) is 0 Å². The van der Waals surface area contributed by atoms with Crippen LogP contribution in [0.5, 0.6) is 11.5 Å². The summed E-state index contributed by atoms with van der Waals surface area (Å²) in [5.41, 5.74) is 7.84. The number of imidazole rings is 1. The lowest BCUT2D eigenvalue weighted by atomic mass is 10.1. The molecule has 3 rings (SSSR count). The predicted molar refractivity (Wildman–Crippen MR) is 73.5 cm³/mol. The molecule has 0 saturated heterocycles. The molecule has 0 amide bonds. The third kappa shape index (κ3) is 2.01. The molecule has 0 radical (unpaired) electrons. The van der Waals surface area contributed by atoms with Crippen molar-refractivity contribution in [2.45, 2.75) is 18.9 Å². The van der Waals surface area contributed by atoms with Crippen molar-refractivity contribution in [2.24, 2.45) is 0 Å². The van der Waals surface area contributed by atoms with Gasteiger partial charge in [0.2, 0.25) is 0 Å². The molecule has 100 valence electrons. The highest BCUT2D eigenvalue weighted by atomic mass is 16.5. The molecule has 1 aliphatic rings. The van der Waals surface area contributed by atoms with Crippen molar-refractivity contribution in [1.29, 1.82) is 0 Å². The molecular formula is C14H17N3O2. The second-order valence-electron chi connectivity index (χ2n) is 4.68. The van der Waals surface area contributed by atoms with E-state index in [2.05, 4.69) is 4.98 Å². The number of nitrogens with two attached hydrogens (primary N) is 1. The van der Waals surface area contributed by atoms with Crippen molar-refractivity contribution < 1.29 is 9.47 Å². The Balaban J connectivity index is 2.05. The number of hydrogen-bond acceptors (Lipinski definition) is 4. The summed E-state index contributed by atoms with van der Waals surface area (Å²) in [6, 6.07) is 6.16. The van der Waals surface area contributed by atoms with Crippen LogP contribution in [-0.4, -0.2) is 23.8 Å². The minimum absolute atomic E-state index is 0.519. The normalized spacial score (nSPS) is 14.4. The van der Waals surface area contributed by atoms with E-state index in [4.69, 9.17) is 15.2 Å². The first-order chi connectivity index (χ1) is 9.24. The maximum Gasteiger partial charge on any atom is 0.132 e. The number of aromatic nitrogens is 2. The summed E-state index contributed by atoms with van der Waals surface area (Å²) < 4.78 is 12.6. The summed E-state index contributed by atoms with van der Waals surface area (Å²) in [4.78, 5) is 4.43. The summed E-state index contributed by atoms with van der Waals surface area (Å²) in [6.45, 7) is 0. The Morgan fingerprint density at radius 2 is 2.05 bits per heavy atom. The number of nitrogens with zero attached hydrogens (tertiary/aromatic N) is 2. The van der Waals surface area contributed by atoms with Gasteiger partial charge in [0.1, 0.15) is 23.0 Å². The van der Waals surface area contributed by atoms with Gasteiger partial charge in [-0.3, -0.25) is 0 Å². The van der Waals surface area contributed by atoms with E-state index in [-0.39, 0.29) is 0 Å². The zero-order valence-electron chi connectivity index (χ0n) is 11.1. The molecule has 19 heavy (non-hydrogen) atoms. The topological polar surface area (TPSA) is 62.3 Å². The first-order valence-electron chi connectivity index (χ1n) is 6.29. The van der Waals surface area contributed by atoms with Crippen molar-refractivity contribution in [1.82, 2.24) is 9.55 Å². The van der Waals surface area contributed by atoms with Crippen LogP contribution in [0.15, 0.2) is 24.5 Å². The van der Waals surface area contributed by atoms with E-state index in [9.17, 15) is 0 Å². The smallest absolute Gasteiger partial charge is 0.132 e. The molecule has 0 bridgehead atoms. The zero-order chi connectivity index (χ0) is 13.4. The highest BCUT2D eigenvalue weighted by molar-refractivity contribution is 5.76. The van der Waals surface area contributed by atoms with Crippen LogP contribution in [0.2, 0.25) is 0 Å². The molecule has 0 spiro atoms. The van der Waals surface area contributed by atoms with E-state index in [0.29, 0.717) is 17.6 Å². The molecule has 1 aromatic heterocycles. The first kappa shape index (κ1) is 11.9. The van der Waals surface area contributed by atoms with Gasteiger partial charge in [0, 0.05) is 17.7 Å². The lowest BCUT2D eigenvalue weighted by molar-refractivity contribution is 0.395. The molecule has 1 aliphatic carbocycles. The van der Waals surface area contributed by atoms with Crippen LogP contribution in [0.4, 0.5) is 5.82 Å². The van der Waals surface area contributed by atoms with E-state index < -0.39 is 0 Å². The fraction of sp³-hybridized carbons (Fsp3) is 0.357. The number of hydrogen-bond donors (Lipinski definition) is 1. The summed E-state index contributed by atoms with van der Waals surface area (Å²) >= 11 is 0. The lowest BCUT2D eigenvalue weighted by Gasteiger charge is -2.10. The van der Waals surface area contributed by atoms with Crippen molar-refractivity contribution in [3.05, 3.63) is 24.5 Å². The monoisotopic (exact) mass is 259 g/mol. The highest BCUT2D eigenvalue weighted by Crippen LogP contribution is 2.41. The Labute approximate surface area is 112 Å². The lowest BCUT2D eigenvalue weighted by Crippen LogP contribution is -2.00. The molecule has 2 N–H and O–H groups in total. The maximum absolute atomic E-state index is 6.18. The molecule has 0 atom stereocenters. The third-order valence-corrected chi connectivity index (χ3v) is 3.44. The average molecular weight is 259 g/mol. The van der Waals surface area contributed by atoms with E-state index in [1.807, 2.05) is 29.1 Å². The summed E-state index contributed by atoms with van der Waals surface area (Å²) in [6.07, 6.45) is 4.17. The van der Waals surface area contributed by atoms with Crippen molar-refractivity contribution in [3.8, 4) is 22.8 Å². The summed E-state index contributed by atoms with van der Waals surface area (Å²) in [7, 11) is 3.26. The highest BCUT2D eigenvalue weighted by Gasteiger charge is 2.27. The van der Waals surface area contributed by atoms with E-state index in [1.165, 1.54) is 12.8 Å². The number of rotatable bonds is 4. The summed E-state index contributed by atoms with van der Waals surface area (Å²) in [5.74, 6) is 2.17. The fourth-order valence-electron chi connectivity index (χ4n) is 2.22. The molecule has 1 saturated carbocycles. The average Bonchev–Trinajstić information content (AvgIpc) is 3.21. The van der Waals surface area contributed by atoms with Crippen LogP contribution in [0.25, 0.3) is 11.3 Å². The quantitative estimate of drug-likeness (QED) is 0.916. The summed E-state index contributed by atoms with van der Waals surface area (Å²) in [5, 5.41) is 0. The molecule has 0 unspecified atom stereocenters. The Morgan fingerprint density at radius 1 is 1.26 bits per heavy atom. The number of nitrogen functional groups attached to an aromatic ring is 1. The molecule has 5 nitrogen and oxygen atoms in total. The van der Waals surface area contributed by atoms with Crippen LogP contribution < -0.4 is 15.2 Å². The fourth-order valence-corrected chi connectivity index (χ4v) is 2.22. The Bertz CT molecular complexity index is 603. The van der Waals surface area contributed by atoms with Crippen LogP contribution in [0.3, 0.4) is 0 Å². The van der Waals surface area contributed by atoms with Gasteiger partial charge in [0.25, 0.3) is 0 Å². The van der Waals surface area contributed by atoms with Gasteiger partial charge in [0.05, 0.1) is 20.5 Å². The van der Waals surface area contributed by atoms with E-state index in [0.717, 1.165) is 17.0 Å². The molecule has 2 aromatic rings. The Hall–Kier alpha value is -2.17. The van der Waals surface area contributed by atoms with E-state index in [1.54, 1.807) is 14.2 Å². The van der Waals surface area contributed by atoms with Crippen LogP contribution in [0.1, 0.15) is 18.9 Å². The zero-order valence-corrected chi connectivity index (χ0v) is 11.1. The van der Waals surface area contributed by atoms with Gasteiger partial charge < -0.3 is 19.8 Å². The van der Waals surface area contributed by atoms with Crippen molar-refractivity contribution >= 4 is 5.82 Å². The minimum atomic E-state index is 0.519. The molecule has 0 aliphatic heterocycles. The van der Waals surface area contributed by atoms with Gasteiger partial charge in [-0.25, -0.2) is 4.98 Å². The van der Waals surface area contributed by atoms with Crippen LogP contribution in [-0.2, 0) is 0 Å². The van der Waals surface area contributed by atoms with Crippen molar-refractivity contribution in [2.75, 3.05) is 20.0 Å². The van der Waals surface area contributed by atoms with Gasteiger partial charge >= 0.3 is 0 Å². The number of benzene rings is 1. The Morgan fingerprint density at radius 3 is 2.68 bits per heavy atom. The molecule has 1 fully saturated rings. The van der Waals surface area contributed by atoms with Gasteiger partial charge in [-0.15, -0.1) is 0 Å². The molecule has 5 heteroatoms. The van der Waals surface area contributed by atoms with Crippen LogP contribution in [0, 0.1) is 0 Å². The third-order valence-electron chi connectivity index (χ3n) is 3.44. The molecular weight excluding hydrogens is 242 g/mol. The van der Waals surface area contributed by atoms with Crippen LogP contribution >= 0.6 is 0 Å². The van der Waals surface area contributed by atoms with Gasteiger partial charge in [-0.1, -0.05) is 0 Å². The minimum Gasteiger partial charge on any atom is -0.497 e. The molecule has 1 heterocycles. The van der Waals surface area contributed by atoms with Gasteiger partial charge in [-0.2, -0.15) is 0 Å². The largest absolute Gasteiger partial charge is 0.497 e. The first-order valence-corrected chi connectivity index (χ1v) is 6.29. The van der Waals surface area contributed by atoms with Gasteiger partial charge in [0.15, 0.2) is 0 Å². The second kappa shape index (κ2) is 4.50. The molecule has 1 aromatic carbocycles. The number of methoxy groups -OCH3 is 2. The number of anilines is 1. The second-order valence-corrected chi connectivity index (χ2v) is 4.68.